The van der Waals surface area contributed by atoms with Crippen LogP contribution in [-0.4, -0.2) is 26.3 Å². The second-order valence-electron chi connectivity index (χ2n) is 4.68. The number of carbonyl (C=O) groups is 1. The normalized spacial score (nSPS) is 11.2. The maximum Gasteiger partial charge on any atom is 0.255 e. The third-order valence-electron chi connectivity index (χ3n) is 2.94. The minimum absolute atomic E-state index is 0.113. The van der Waals surface area contributed by atoms with Crippen LogP contribution in [0, 0.1) is 0 Å². The molecule has 0 fully saturated rings. The van der Waals surface area contributed by atoms with Gasteiger partial charge in [-0.25, -0.2) is 8.42 Å². The van der Waals surface area contributed by atoms with Crippen molar-refractivity contribution in [2.45, 2.75) is 16.7 Å². The van der Waals surface area contributed by atoms with Crippen molar-refractivity contribution in [1.82, 2.24) is 0 Å². The van der Waals surface area contributed by atoms with Crippen LogP contribution >= 0.6 is 11.8 Å². The molecule has 0 atom stereocenters. The van der Waals surface area contributed by atoms with E-state index in [0.29, 0.717) is 11.3 Å². The molecule has 6 heteroatoms. The zero-order valence-electron chi connectivity index (χ0n) is 12.4. The first-order valence-corrected chi connectivity index (χ1v) is 9.63. The van der Waals surface area contributed by atoms with E-state index in [-0.39, 0.29) is 10.8 Å². The lowest BCUT2D eigenvalue weighted by molar-refractivity contribution is 0.102. The van der Waals surface area contributed by atoms with E-state index in [1.165, 1.54) is 6.07 Å². The van der Waals surface area contributed by atoms with Crippen LogP contribution in [0.3, 0.4) is 0 Å². The molecule has 1 N–H and O–H groups in total. The van der Waals surface area contributed by atoms with E-state index in [0.717, 1.165) is 16.9 Å². The Morgan fingerprint density at radius 1 is 1.14 bits per heavy atom. The zero-order valence-corrected chi connectivity index (χ0v) is 14.0. The highest BCUT2D eigenvalue weighted by molar-refractivity contribution is 7.99. The van der Waals surface area contributed by atoms with Gasteiger partial charge in [-0.1, -0.05) is 25.1 Å². The van der Waals surface area contributed by atoms with E-state index >= 15 is 0 Å². The van der Waals surface area contributed by atoms with Gasteiger partial charge in [0, 0.05) is 16.7 Å². The number of hydrogen-bond donors (Lipinski definition) is 1. The van der Waals surface area contributed by atoms with Crippen LogP contribution in [0.1, 0.15) is 17.3 Å². The predicted octanol–water partition coefficient (Wildman–Crippen LogP) is 3.45. The summed E-state index contributed by atoms with van der Waals surface area (Å²) >= 11 is 1.64. The summed E-state index contributed by atoms with van der Waals surface area (Å²) in [6, 6.07) is 13.6. The standard InChI is InChI=1S/C16H17NO3S2/c1-3-21-13-8-6-7-12(11-13)16(18)17-14-9-4-5-10-15(14)22(2,19)20/h4-11H,3H2,1-2H3,(H,17,18). The largest absolute Gasteiger partial charge is 0.321 e. The van der Waals surface area contributed by atoms with Gasteiger partial charge in [0.25, 0.3) is 5.91 Å². The average Bonchev–Trinajstić information content (AvgIpc) is 2.47. The molecular weight excluding hydrogens is 318 g/mol. The monoisotopic (exact) mass is 335 g/mol. The van der Waals surface area contributed by atoms with E-state index in [4.69, 9.17) is 0 Å². The quantitative estimate of drug-likeness (QED) is 0.850. The van der Waals surface area contributed by atoms with E-state index in [9.17, 15) is 13.2 Å². The van der Waals surface area contributed by atoms with E-state index in [2.05, 4.69) is 5.32 Å². The van der Waals surface area contributed by atoms with Gasteiger partial charge in [0.2, 0.25) is 0 Å². The van der Waals surface area contributed by atoms with Gasteiger partial charge in [0.1, 0.15) is 0 Å². The Bertz CT molecular complexity index is 785. The fourth-order valence-corrected chi connectivity index (χ4v) is 3.54. The van der Waals surface area contributed by atoms with Gasteiger partial charge < -0.3 is 5.32 Å². The lowest BCUT2D eigenvalue weighted by Crippen LogP contribution is -2.14. The molecule has 0 heterocycles. The lowest BCUT2D eigenvalue weighted by Gasteiger charge is -2.10. The van der Waals surface area contributed by atoms with E-state index in [1.54, 1.807) is 42.1 Å². The number of hydrogen-bond acceptors (Lipinski definition) is 4. The van der Waals surface area contributed by atoms with Crippen molar-refractivity contribution >= 4 is 33.2 Å². The van der Waals surface area contributed by atoms with Crippen molar-refractivity contribution in [3.8, 4) is 0 Å². The van der Waals surface area contributed by atoms with Crippen LogP contribution < -0.4 is 5.32 Å². The summed E-state index contributed by atoms with van der Waals surface area (Å²) < 4.78 is 23.5. The van der Waals surface area contributed by atoms with Gasteiger partial charge in [-0.3, -0.25) is 4.79 Å². The van der Waals surface area contributed by atoms with Crippen molar-refractivity contribution in [2.75, 3.05) is 17.3 Å². The maximum absolute atomic E-state index is 12.3. The van der Waals surface area contributed by atoms with Crippen LogP contribution in [0.5, 0.6) is 0 Å². The molecule has 0 saturated heterocycles. The molecule has 1 amide bonds. The number of amides is 1. The fourth-order valence-electron chi connectivity index (χ4n) is 1.98. The maximum atomic E-state index is 12.3. The molecule has 0 unspecified atom stereocenters. The van der Waals surface area contributed by atoms with Crippen LogP contribution in [0.2, 0.25) is 0 Å². The van der Waals surface area contributed by atoms with Crippen molar-refractivity contribution in [2.24, 2.45) is 0 Å². The molecule has 2 aromatic carbocycles. The first-order chi connectivity index (χ1) is 10.4. The molecule has 0 aliphatic carbocycles. The molecule has 22 heavy (non-hydrogen) atoms. The third-order valence-corrected chi connectivity index (χ3v) is 4.97. The number of rotatable bonds is 5. The molecule has 0 spiro atoms. The average molecular weight is 335 g/mol. The molecule has 4 nitrogen and oxygen atoms in total. The molecular formula is C16H17NO3S2. The van der Waals surface area contributed by atoms with E-state index in [1.807, 2.05) is 19.1 Å². The molecule has 0 aromatic heterocycles. The molecule has 2 aromatic rings. The Labute approximate surface area is 134 Å². The molecule has 0 radical (unpaired) electrons. The van der Waals surface area contributed by atoms with Crippen LogP contribution in [0.15, 0.2) is 58.3 Å². The number of para-hydroxylation sites is 1. The number of sulfone groups is 1. The number of thioether (sulfide) groups is 1. The summed E-state index contributed by atoms with van der Waals surface area (Å²) in [6.07, 6.45) is 1.12. The summed E-state index contributed by atoms with van der Waals surface area (Å²) in [5, 5.41) is 2.68. The van der Waals surface area contributed by atoms with Gasteiger partial charge in [-0.05, 0) is 36.1 Å². The van der Waals surface area contributed by atoms with Crippen molar-refractivity contribution in [3.05, 3.63) is 54.1 Å². The summed E-state index contributed by atoms with van der Waals surface area (Å²) in [5.74, 6) is 0.594. The first kappa shape index (κ1) is 16.6. The summed E-state index contributed by atoms with van der Waals surface area (Å²) in [6.45, 7) is 2.04. The minimum Gasteiger partial charge on any atom is -0.321 e. The predicted molar refractivity (Wildman–Crippen MR) is 90.3 cm³/mol. The smallest absolute Gasteiger partial charge is 0.255 e. The van der Waals surface area contributed by atoms with Gasteiger partial charge in [0.15, 0.2) is 9.84 Å². The molecule has 0 aliphatic rings. The highest BCUT2D eigenvalue weighted by Gasteiger charge is 2.15. The molecule has 0 saturated carbocycles. The Morgan fingerprint density at radius 2 is 1.86 bits per heavy atom. The van der Waals surface area contributed by atoms with Gasteiger partial charge in [0.05, 0.1) is 10.6 Å². The second kappa shape index (κ2) is 6.98. The number of benzene rings is 2. The van der Waals surface area contributed by atoms with E-state index < -0.39 is 9.84 Å². The summed E-state index contributed by atoms with van der Waals surface area (Å²) in [4.78, 5) is 13.5. The summed E-state index contributed by atoms with van der Waals surface area (Å²) in [5.41, 5.74) is 0.797. The number of anilines is 1. The first-order valence-electron chi connectivity index (χ1n) is 6.75. The highest BCUT2D eigenvalue weighted by Crippen LogP contribution is 2.23. The number of carbonyl (C=O) groups excluding carboxylic acids is 1. The van der Waals surface area contributed by atoms with Crippen molar-refractivity contribution in [1.29, 1.82) is 0 Å². The van der Waals surface area contributed by atoms with Gasteiger partial charge in [-0.2, -0.15) is 0 Å². The van der Waals surface area contributed by atoms with Crippen molar-refractivity contribution in [3.63, 3.8) is 0 Å². The molecule has 0 aliphatic heterocycles. The fraction of sp³-hybridized carbons (Fsp3) is 0.188. The van der Waals surface area contributed by atoms with Crippen LogP contribution in [-0.2, 0) is 9.84 Å². The topological polar surface area (TPSA) is 63.2 Å². The third kappa shape index (κ3) is 4.11. The SMILES string of the molecule is CCSc1cccc(C(=O)Nc2ccccc2S(C)(=O)=O)c1. The minimum atomic E-state index is -3.40. The Kier molecular flexibility index (Phi) is 5.26. The zero-order chi connectivity index (χ0) is 16.2. The van der Waals surface area contributed by atoms with Crippen molar-refractivity contribution < 1.29 is 13.2 Å². The number of nitrogens with one attached hydrogen (secondary N) is 1. The van der Waals surface area contributed by atoms with Gasteiger partial charge in [-0.15, -0.1) is 11.8 Å². The Balaban J connectivity index is 2.28. The Hall–Kier alpha value is -1.79. The highest BCUT2D eigenvalue weighted by atomic mass is 32.2. The van der Waals surface area contributed by atoms with Gasteiger partial charge >= 0.3 is 0 Å². The molecule has 0 bridgehead atoms. The molecule has 2 rings (SSSR count). The summed E-state index contributed by atoms with van der Waals surface area (Å²) in [7, 11) is -3.40. The Morgan fingerprint density at radius 3 is 2.55 bits per heavy atom. The van der Waals surface area contributed by atoms with Crippen LogP contribution in [0.4, 0.5) is 5.69 Å². The van der Waals surface area contributed by atoms with Crippen LogP contribution in [0.25, 0.3) is 0 Å². The lowest BCUT2D eigenvalue weighted by atomic mass is 10.2. The second-order valence-corrected chi connectivity index (χ2v) is 8.00. The molecule has 116 valence electrons.